The van der Waals surface area contributed by atoms with E-state index in [0.29, 0.717) is 23.3 Å². The standard InChI is InChI=1S/C15H22N4O/c1-7-13(16)14(19-18-7)17-15(20)12-10-3-8-2-9(5-10)6-11(12)4-8/h8-12H,2-6,16H2,1H3,(H2,17,18,19,20). The van der Waals surface area contributed by atoms with Crippen LogP contribution in [0.4, 0.5) is 11.5 Å². The number of anilines is 2. The zero-order chi connectivity index (χ0) is 13.9. The topological polar surface area (TPSA) is 83.8 Å². The van der Waals surface area contributed by atoms with Crippen LogP contribution in [0, 0.1) is 36.5 Å². The second-order valence-corrected chi connectivity index (χ2v) is 7.06. The van der Waals surface area contributed by atoms with Gasteiger partial charge >= 0.3 is 0 Å². The number of nitrogens with one attached hydrogen (secondary N) is 2. The Labute approximate surface area is 118 Å². The summed E-state index contributed by atoms with van der Waals surface area (Å²) in [6, 6.07) is 0. The molecule has 5 rings (SSSR count). The predicted molar refractivity (Wildman–Crippen MR) is 76.9 cm³/mol. The fourth-order valence-corrected chi connectivity index (χ4v) is 5.09. The minimum atomic E-state index is 0.136. The number of nitrogens with two attached hydrogens (primary N) is 1. The zero-order valence-corrected chi connectivity index (χ0v) is 11.9. The van der Waals surface area contributed by atoms with Crippen molar-refractivity contribution in [3.63, 3.8) is 0 Å². The Morgan fingerprint density at radius 1 is 1.20 bits per heavy atom. The van der Waals surface area contributed by atoms with Gasteiger partial charge in [0.2, 0.25) is 5.91 Å². The first kappa shape index (κ1) is 12.2. The van der Waals surface area contributed by atoms with E-state index in [1.807, 2.05) is 6.92 Å². The number of H-pyrrole nitrogens is 1. The van der Waals surface area contributed by atoms with Crippen molar-refractivity contribution in [1.82, 2.24) is 10.2 Å². The van der Waals surface area contributed by atoms with Gasteiger partial charge in [0, 0.05) is 5.92 Å². The van der Waals surface area contributed by atoms with Gasteiger partial charge in [-0.3, -0.25) is 9.89 Å². The molecular weight excluding hydrogens is 252 g/mol. The molecule has 0 aliphatic heterocycles. The van der Waals surface area contributed by atoms with E-state index in [4.69, 9.17) is 5.73 Å². The zero-order valence-electron chi connectivity index (χ0n) is 11.9. The summed E-state index contributed by atoms with van der Waals surface area (Å²) in [5, 5.41) is 9.86. The first-order valence-corrected chi connectivity index (χ1v) is 7.73. The second-order valence-electron chi connectivity index (χ2n) is 7.06. The SMILES string of the molecule is Cc1[nH]nc(NC(=O)C2C3CC4CC(C3)CC2C4)c1N. The molecule has 5 nitrogen and oxygen atoms in total. The fourth-order valence-electron chi connectivity index (χ4n) is 5.09. The van der Waals surface area contributed by atoms with E-state index in [9.17, 15) is 4.79 Å². The predicted octanol–water partition coefficient (Wildman–Crippen LogP) is 2.31. The molecule has 1 aromatic rings. The van der Waals surface area contributed by atoms with Crippen LogP contribution >= 0.6 is 0 Å². The normalized spacial score (nSPS) is 38.1. The first-order chi connectivity index (χ1) is 9.61. The Morgan fingerprint density at radius 2 is 1.80 bits per heavy atom. The highest BCUT2D eigenvalue weighted by Gasteiger charge is 2.50. The summed E-state index contributed by atoms with van der Waals surface area (Å²) >= 11 is 0. The lowest BCUT2D eigenvalue weighted by atomic mass is 9.51. The Kier molecular flexibility index (Phi) is 2.59. The van der Waals surface area contributed by atoms with Crippen LogP contribution in [0.15, 0.2) is 0 Å². The van der Waals surface area contributed by atoms with Gasteiger partial charge in [-0.1, -0.05) is 0 Å². The maximum absolute atomic E-state index is 12.6. The van der Waals surface area contributed by atoms with Crippen LogP contribution in [0.3, 0.4) is 0 Å². The highest BCUT2D eigenvalue weighted by molar-refractivity contribution is 5.95. The molecular formula is C15H22N4O. The van der Waals surface area contributed by atoms with Gasteiger partial charge in [-0.05, 0) is 62.7 Å². The van der Waals surface area contributed by atoms with Crippen LogP contribution in [0.2, 0.25) is 0 Å². The highest BCUT2D eigenvalue weighted by atomic mass is 16.2. The highest BCUT2D eigenvalue weighted by Crippen LogP contribution is 2.56. The largest absolute Gasteiger partial charge is 0.394 e. The third kappa shape index (κ3) is 1.75. The number of hydrogen-bond acceptors (Lipinski definition) is 3. The number of carbonyl (C=O) groups excluding carboxylic acids is 1. The third-order valence-corrected chi connectivity index (χ3v) is 5.77. The molecule has 4 fully saturated rings. The first-order valence-electron chi connectivity index (χ1n) is 7.73. The molecule has 5 heteroatoms. The van der Waals surface area contributed by atoms with Gasteiger partial charge in [-0.25, -0.2) is 0 Å². The van der Waals surface area contributed by atoms with Crippen molar-refractivity contribution in [1.29, 1.82) is 0 Å². The molecule has 4 N–H and O–H groups in total. The van der Waals surface area contributed by atoms with Crippen molar-refractivity contribution < 1.29 is 4.79 Å². The van der Waals surface area contributed by atoms with Gasteiger partial charge in [0.1, 0.15) is 0 Å². The average molecular weight is 274 g/mol. The lowest BCUT2D eigenvalue weighted by Crippen LogP contribution is -2.49. The molecule has 4 saturated carbocycles. The van der Waals surface area contributed by atoms with E-state index in [1.165, 1.54) is 32.1 Å². The molecule has 4 aliphatic carbocycles. The van der Waals surface area contributed by atoms with E-state index >= 15 is 0 Å². The average Bonchev–Trinajstić information content (AvgIpc) is 2.69. The molecule has 0 radical (unpaired) electrons. The Bertz CT molecular complexity index is 522. The number of amides is 1. The Balaban J connectivity index is 1.53. The molecule has 0 spiro atoms. The van der Waals surface area contributed by atoms with Crippen molar-refractivity contribution in [2.24, 2.45) is 29.6 Å². The number of rotatable bonds is 2. The molecule has 1 amide bonds. The summed E-state index contributed by atoms with van der Waals surface area (Å²) in [7, 11) is 0. The van der Waals surface area contributed by atoms with Gasteiger partial charge in [0.05, 0.1) is 11.4 Å². The third-order valence-electron chi connectivity index (χ3n) is 5.77. The molecule has 0 atom stereocenters. The molecule has 4 bridgehead atoms. The summed E-state index contributed by atoms with van der Waals surface area (Å²) in [5.74, 6) is 3.77. The smallest absolute Gasteiger partial charge is 0.229 e. The summed E-state index contributed by atoms with van der Waals surface area (Å²) in [6.45, 7) is 1.86. The molecule has 4 aliphatic rings. The van der Waals surface area contributed by atoms with Gasteiger partial charge in [-0.15, -0.1) is 0 Å². The summed E-state index contributed by atoms with van der Waals surface area (Å²) < 4.78 is 0. The molecule has 20 heavy (non-hydrogen) atoms. The van der Waals surface area contributed by atoms with E-state index < -0.39 is 0 Å². The number of aromatic nitrogens is 2. The van der Waals surface area contributed by atoms with Crippen LogP contribution in [0.25, 0.3) is 0 Å². The maximum atomic E-state index is 12.6. The lowest BCUT2D eigenvalue weighted by Gasteiger charge is -2.53. The van der Waals surface area contributed by atoms with Crippen molar-refractivity contribution >= 4 is 17.4 Å². The molecule has 1 heterocycles. The van der Waals surface area contributed by atoms with Crippen LogP contribution in [0.1, 0.15) is 37.8 Å². The second kappa shape index (κ2) is 4.24. The Hall–Kier alpha value is -1.52. The number of nitrogen functional groups attached to an aromatic ring is 1. The summed E-state index contributed by atoms with van der Waals surface area (Å²) in [4.78, 5) is 12.6. The van der Waals surface area contributed by atoms with Crippen molar-refractivity contribution in [3.8, 4) is 0 Å². The Morgan fingerprint density at radius 3 is 2.30 bits per heavy atom. The van der Waals surface area contributed by atoms with E-state index in [1.54, 1.807) is 0 Å². The van der Waals surface area contributed by atoms with Crippen molar-refractivity contribution in [3.05, 3.63) is 5.69 Å². The molecule has 0 aromatic carbocycles. The summed E-state index contributed by atoms with van der Waals surface area (Å²) in [5.41, 5.74) is 7.28. The van der Waals surface area contributed by atoms with Gasteiger partial charge in [0.25, 0.3) is 0 Å². The number of aryl methyl sites for hydroxylation is 1. The monoisotopic (exact) mass is 274 g/mol. The number of aromatic amines is 1. The number of nitrogens with zero attached hydrogens (tertiary/aromatic N) is 1. The number of hydrogen-bond donors (Lipinski definition) is 3. The summed E-state index contributed by atoms with van der Waals surface area (Å²) in [6.07, 6.45) is 6.41. The van der Waals surface area contributed by atoms with E-state index in [2.05, 4.69) is 15.5 Å². The molecule has 0 saturated heterocycles. The van der Waals surface area contributed by atoms with Crippen LogP contribution in [-0.4, -0.2) is 16.1 Å². The van der Waals surface area contributed by atoms with E-state index in [-0.39, 0.29) is 11.8 Å². The van der Waals surface area contributed by atoms with Crippen LogP contribution in [-0.2, 0) is 4.79 Å². The van der Waals surface area contributed by atoms with Gasteiger partial charge in [0.15, 0.2) is 5.82 Å². The van der Waals surface area contributed by atoms with E-state index in [0.717, 1.165) is 17.5 Å². The van der Waals surface area contributed by atoms with Gasteiger partial charge in [-0.2, -0.15) is 5.10 Å². The van der Waals surface area contributed by atoms with Crippen molar-refractivity contribution in [2.45, 2.75) is 39.0 Å². The fraction of sp³-hybridized carbons (Fsp3) is 0.733. The maximum Gasteiger partial charge on any atom is 0.229 e. The molecule has 0 unspecified atom stereocenters. The van der Waals surface area contributed by atoms with Crippen LogP contribution < -0.4 is 11.1 Å². The minimum Gasteiger partial charge on any atom is -0.394 e. The van der Waals surface area contributed by atoms with Gasteiger partial charge < -0.3 is 11.1 Å². The van der Waals surface area contributed by atoms with Crippen LogP contribution in [0.5, 0.6) is 0 Å². The van der Waals surface area contributed by atoms with Crippen molar-refractivity contribution in [2.75, 3.05) is 11.1 Å². The molecule has 108 valence electrons. The lowest BCUT2D eigenvalue weighted by molar-refractivity contribution is -0.132. The number of carbonyl (C=O) groups is 1. The molecule has 1 aromatic heterocycles. The minimum absolute atomic E-state index is 0.136. The quantitative estimate of drug-likeness (QED) is 0.773.